The molecule has 0 aliphatic carbocycles. The van der Waals surface area contributed by atoms with Crippen LogP contribution in [0.4, 0.5) is 0 Å². The first kappa shape index (κ1) is 19.9. The first-order valence-electron chi connectivity index (χ1n) is 9.08. The summed E-state index contributed by atoms with van der Waals surface area (Å²) < 4.78 is 0. The second-order valence-corrected chi connectivity index (χ2v) is 7.29. The van der Waals surface area contributed by atoms with Crippen molar-refractivity contribution in [2.24, 2.45) is 17.6 Å². The predicted molar refractivity (Wildman–Crippen MR) is 104 cm³/mol. The van der Waals surface area contributed by atoms with Gasteiger partial charge in [-0.25, -0.2) is 0 Å². The normalized spacial score (nSPS) is 13.5. The molecule has 0 unspecified atom stereocenters. The van der Waals surface area contributed by atoms with Gasteiger partial charge in [-0.15, -0.1) is 0 Å². The van der Waals surface area contributed by atoms with E-state index in [1.54, 1.807) is 0 Å². The Morgan fingerprint density at radius 1 is 1.12 bits per heavy atom. The monoisotopic (exact) mass is 356 g/mol. The van der Waals surface area contributed by atoms with Gasteiger partial charge in [0.2, 0.25) is 5.91 Å². The molecule has 4 N–H and O–H groups in total. The molecule has 2 aromatic rings. The van der Waals surface area contributed by atoms with Crippen molar-refractivity contribution in [2.45, 2.75) is 39.2 Å². The van der Waals surface area contributed by atoms with Crippen LogP contribution in [0.3, 0.4) is 0 Å². The molecule has 0 fully saturated rings. The fraction of sp³-hybridized carbons (Fsp3) is 0.429. The molecule has 0 aliphatic heterocycles. The zero-order valence-corrected chi connectivity index (χ0v) is 15.4. The first-order chi connectivity index (χ1) is 12.4. The fourth-order valence-corrected chi connectivity index (χ4v) is 3.33. The Kier molecular flexibility index (Phi) is 7.16. The van der Waals surface area contributed by atoms with E-state index in [1.165, 1.54) is 0 Å². The average Bonchev–Trinajstić information content (AvgIpc) is 2.58. The predicted octanol–water partition coefficient (Wildman–Crippen LogP) is 2.96. The standard InChI is InChI=1S/C21H28N2O3/c1-14(2)10-15(11-20(24)25)13-23-21(26)19(22)12-17-8-5-7-16-6-3-4-9-18(16)17/h3-9,14-15,19H,10-13,22H2,1-2H3,(H,23,26)(H,24,25)/t15-,19+/m0/s1. The summed E-state index contributed by atoms with van der Waals surface area (Å²) in [6.07, 6.45) is 1.25. The van der Waals surface area contributed by atoms with Crippen LogP contribution in [-0.2, 0) is 16.0 Å². The molecule has 2 rings (SSSR count). The zero-order valence-electron chi connectivity index (χ0n) is 15.4. The van der Waals surface area contributed by atoms with E-state index in [0.29, 0.717) is 18.9 Å². The highest BCUT2D eigenvalue weighted by Crippen LogP contribution is 2.19. The number of amides is 1. The van der Waals surface area contributed by atoms with Crippen molar-refractivity contribution in [3.63, 3.8) is 0 Å². The highest BCUT2D eigenvalue weighted by Gasteiger charge is 2.19. The van der Waals surface area contributed by atoms with Crippen LogP contribution >= 0.6 is 0 Å². The molecule has 0 saturated carbocycles. The molecule has 1 amide bonds. The quantitative estimate of drug-likeness (QED) is 0.644. The van der Waals surface area contributed by atoms with Gasteiger partial charge < -0.3 is 16.2 Å². The molecule has 0 bridgehead atoms. The number of nitrogens with two attached hydrogens (primary N) is 1. The van der Waals surface area contributed by atoms with Gasteiger partial charge in [0, 0.05) is 13.0 Å². The number of fused-ring (bicyclic) bond motifs is 1. The molecule has 2 atom stereocenters. The highest BCUT2D eigenvalue weighted by molar-refractivity contribution is 5.87. The maximum atomic E-state index is 12.4. The zero-order chi connectivity index (χ0) is 19.1. The number of benzene rings is 2. The largest absolute Gasteiger partial charge is 0.481 e. The minimum absolute atomic E-state index is 0.0526. The average molecular weight is 356 g/mol. The van der Waals surface area contributed by atoms with Crippen molar-refractivity contribution in [3.8, 4) is 0 Å². The van der Waals surface area contributed by atoms with Gasteiger partial charge in [-0.2, -0.15) is 0 Å². The molecule has 0 spiro atoms. The van der Waals surface area contributed by atoms with Gasteiger partial charge in [-0.05, 0) is 41.0 Å². The summed E-state index contributed by atoms with van der Waals surface area (Å²) in [7, 11) is 0. The van der Waals surface area contributed by atoms with E-state index in [9.17, 15) is 9.59 Å². The summed E-state index contributed by atoms with van der Waals surface area (Å²) in [5, 5.41) is 14.1. The molecule has 0 heterocycles. The van der Waals surface area contributed by atoms with Crippen molar-refractivity contribution in [1.29, 1.82) is 0 Å². The van der Waals surface area contributed by atoms with Gasteiger partial charge in [-0.3, -0.25) is 9.59 Å². The molecule has 2 aromatic carbocycles. The Bertz CT molecular complexity index is 753. The van der Waals surface area contributed by atoms with E-state index >= 15 is 0 Å². The second-order valence-electron chi connectivity index (χ2n) is 7.29. The summed E-state index contributed by atoms with van der Waals surface area (Å²) in [4.78, 5) is 23.4. The summed E-state index contributed by atoms with van der Waals surface area (Å²) >= 11 is 0. The number of carbonyl (C=O) groups excluding carboxylic acids is 1. The van der Waals surface area contributed by atoms with Crippen LogP contribution in [-0.4, -0.2) is 29.6 Å². The minimum atomic E-state index is -0.843. The van der Waals surface area contributed by atoms with E-state index in [1.807, 2.05) is 56.3 Å². The van der Waals surface area contributed by atoms with Crippen LogP contribution in [0.25, 0.3) is 10.8 Å². The Morgan fingerprint density at radius 3 is 2.50 bits per heavy atom. The van der Waals surface area contributed by atoms with E-state index < -0.39 is 12.0 Å². The topological polar surface area (TPSA) is 92.4 Å². The van der Waals surface area contributed by atoms with Crippen molar-refractivity contribution >= 4 is 22.6 Å². The smallest absolute Gasteiger partial charge is 0.303 e. The number of hydrogen-bond donors (Lipinski definition) is 3. The third kappa shape index (κ3) is 5.85. The van der Waals surface area contributed by atoms with Crippen LogP contribution in [0.5, 0.6) is 0 Å². The number of aliphatic carboxylic acids is 1. The second kappa shape index (κ2) is 9.34. The van der Waals surface area contributed by atoms with Crippen LogP contribution in [0.1, 0.15) is 32.3 Å². The fourth-order valence-electron chi connectivity index (χ4n) is 3.33. The van der Waals surface area contributed by atoms with Gasteiger partial charge in [0.25, 0.3) is 0 Å². The lowest BCUT2D eigenvalue weighted by atomic mass is 9.94. The lowest BCUT2D eigenvalue weighted by Gasteiger charge is -2.19. The van der Waals surface area contributed by atoms with E-state index in [0.717, 1.165) is 22.8 Å². The first-order valence-corrected chi connectivity index (χ1v) is 9.08. The van der Waals surface area contributed by atoms with Gasteiger partial charge in [0.15, 0.2) is 0 Å². The van der Waals surface area contributed by atoms with Crippen molar-refractivity contribution in [3.05, 3.63) is 48.0 Å². The number of carbonyl (C=O) groups is 2. The van der Waals surface area contributed by atoms with Crippen molar-refractivity contribution < 1.29 is 14.7 Å². The molecular weight excluding hydrogens is 328 g/mol. The maximum Gasteiger partial charge on any atom is 0.303 e. The minimum Gasteiger partial charge on any atom is -0.481 e. The Balaban J connectivity index is 1.97. The molecule has 26 heavy (non-hydrogen) atoms. The van der Waals surface area contributed by atoms with Crippen LogP contribution in [0.2, 0.25) is 0 Å². The number of hydrogen-bond acceptors (Lipinski definition) is 3. The van der Waals surface area contributed by atoms with Gasteiger partial charge in [0.1, 0.15) is 0 Å². The third-order valence-corrected chi connectivity index (χ3v) is 4.49. The van der Waals surface area contributed by atoms with Crippen molar-refractivity contribution in [2.75, 3.05) is 6.54 Å². The Labute approximate surface area is 154 Å². The molecule has 140 valence electrons. The molecule has 0 aliphatic rings. The summed E-state index contributed by atoms with van der Waals surface area (Å²) in [6, 6.07) is 13.3. The maximum absolute atomic E-state index is 12.4. The molecule has 0 aromatic heterocycles. The SMILES string of the molecule is CC(C)C[C@H](CNC(=O)[C@H](N)Cc1cccc2ccccc12)CC(=O)O. The Hall–Kier alpha value is -2.40. The van der Waals surface area contributed by atoms with Crippen LogP contribution in [0.15, 0.2) is 42.5 Å². The number of rotatable bonds is 9. The molecule has 5 heteroatoms. The van der Waals surface area contributed by atoms with E-state index in [2.05, 4.69) is 5.32 Å². The summed E-state index contributed by atoms with van der Waals surface area (Å²) in [5.41, 5.74) is 7.14. The number of nitrogens with one attached hydrogen (secondary N) is 1. The lowest BCUT2D eigenvalue weighted by Crippen LogP contribution is -2.44. The Morgan fingerprint density at radius 2 is 1.81 bits per heavy atom. The van der Waals surface area contributed by atoms with E-state index in [4.69, 9.17) is 10.8 Å². The molecular formula is C21H28N2O3. The van der Waals surface area contributed by atoms with Crippen LogP contribution in [0, 0.1) is 11.8 Å². The van der Waals surface area contributed by atoms with E-state index in [-0.39, 0.29) is 18.2 Å². The van der Waals surface area contributed by atoms with Gasteiger partial charge >= 0.3 is 5.97 Å². The summed E-state index contributed by atoms with van der Waals surface area (Å²) in [6.45, 7) is 4.43. The van der Waals surface area contributed by atoms with Crippen LogP contribution < -0.4 is 11.1 Å². The number of carboxylic acid groups (broad SMARTS) is 1. The van der Waals surface area contributed by atoms with Gasteiger partial charge in [0.05, 0.1) is 6.04 Å². The van der Waals surface area contributed by atoms with Gasteiger partial charge in [-0.1, -0.05) is 56.3 Å². The molecule has 5 nitrogen and oxygen atoms in total. The lowest BCUT2D eigenvalue weighted by molar-refractivity contribution is -0.138. The number of carboxylic acids is 1. The summed E-state index contributed by atoms with van der Waals surface area (Å²) in [5.74, 6) is -0.788. The molecule has 0 radical (unpaired) electrons. The third-order valence-electron chi connectivity index (χ3n) is 4.49. The highest BCUT2D eigenvalue weighted by atomic mass is 16.4. The molecule has 0 saturated heterocycles. The van der Waals surface area contributed by atoms with Crippen molar-refractivity contribution in [1.82, 2.24) is 5.32 Å².